The average molecular weight is 1060 g/mol. The fourth-order valence-corrected chi connectivity index (χ4v) is 9.94. The zero-order chi connectivity index (χ0) is 54.2. The van der Waals surface area contributed by atoms with E-state index < -0.39 is 26.6 Å². The number of aliphatic hydroxyl groups excluding tert-OH is 1. The monoisotopic (exact) mass is 1060 g/mol. The molecule has 0 saturated heterocycles. The summed E-state index contributed by atoms with van der Waals surface area (Å²) >= 11 is 0. The van der Waals surface area contributed by atoms with E-state index in [1.165, 1.54) is 225 Å². The fourth-order valence-electron chi connectivity index (χ4n) is 9.22. The van der Waals surface area contributed by atoms with E-state index in [4.69, 9.17) is 9.05 Å². The van der Waals surface area contributed by atoms with Crippen molar-refractivity contribution in [2.45, 2.75) is 309 Å². The Bertz CT molecular complexity index is 1390. The van der Waals surface area contributed by atoms with Gasteiger partial charge in [0.05, 0.1) is 39.9 Å². The molecule has 0 aliphatic rings. The maximum absolute atomic E-state index is 13.0. The second-order valence-electron chi connectivity index (χ2n) is 22.7. The molecule has 0 aromatic heterocycles. The Labute approximate surface area is 460 Å². The Morgan fingerprint density at radius 1 is 0.473 bits per heavy atom. The van der Waals surface area contributed by atoms with Crippen LogP contribution in [-0.4, -0.2) is 68.5 Å². The molecule has 0 saturated carbocycles. The number of nitrogens with one attached hydrogen (secondary N) is 1. The third-order valence-corrected chi connectivity index (χ3v) is 15.1. The Balaban J connectivity index is 4.18. The molecule has 74 heavy (non-hydrogen) atoms. The highest BCUT2D eigenvalue weighted by Gasteiger charge is 2.23. The molecule has 0 bridgehead atoms. The Kier molecular flexibility index (Phi) is 54.6. The third kappa shape index (κ3) is 57.9. The topological polar surface area (TPSA) is 108 Å². The van der Waals surface area contributed by atoms with Crippen molar-refractivity contribution in [1.82, 2.24) is 5.32 Å². The van der Waals surface area contributed by atoms with Gasteiger partial charge >= 0.3 is 0 Å². The van der Waals surface area contributed by atoms with E-state index in [0.717, 1.165) is 51.4 Å². The van der Waals surface area contributed by atoms with Crippen molar-refractivity contribution < 1.29 is 32.9 Å². The van der Waals surface area contributed by atoms with Gasteiger partial charge in [-0.3, -0.25) is 9.36 Å². The first-order chi connectivity index (χ1) is 36.0. The molecule has 0 fully saturated rings. The van der Waals surface area contributed by atoms with E-state index in [-0.39, 0.29) is 12.5 Å². The van der Waals surface area contributed by atoms with Gasteiger partial charge in [-0.15, -0.1) is 0 Å². The number of carbonyl (C=O) groups excluding carboxylic acids is 1. The molecule has 9 heteroatoms. The predicted molar refractivity (Wildman–Crippen MR) is 321 cm³/mol. The van der Waals surface area contributed by atoms with Crippen molar-refractivity contribution in [3.63, 3.8) is 0 Å². The molecule has 0 aromatic carbocycles. The lowest BCUT2D eigenvalue weighted by Crippen LogP contribution is -2.45. The first-order valence-corrected chi connectivity index (χ1v) is 33.1. The third-order valence-electron chi connectivity index (χ3n) is 14.2. The summed E-state index contributed by atoms with van der Waals surface area (Å²) in [4.78, 5) is 25.6. The molecule has 2 N–H and O–H groups in total. The number of quaternary nitrogens is 1. The minimum Gasteiger partial charge on any atom is -0.756 e. The first kappa shape index (κ1) is 72.2. The number of amides is 1. The molecule has 0 spiro atoms. The number of nitrogens with zero attached hydrogens (tertiary/aromatic N) is 1. The number of rotatable bonds is 58. The summed E-state index contributed by atoms with van der Waals surface area (Å²) < 4.78 is 23.4. The number of hydrogen-bond donors (Lipinski definition) is 2. The molecule has 3 unspecified atom stereocenters. The van der Waals surface area contributed by atoms with E-state index in [1.54, 1.807) is 6.08 Å². The van der Waals surface area contributed by atoms with E-state index in [0.29, 0.717) is 17.4 Å². The number of hydrogen-bond acceptors (Lipinski definition) is 6. The van der Waals surface area contributed by atoms with E-state index in [1.807, 2.05) is 27.2 Å². The molecule has 0 radical (unpaired) electrons. The van der Waals surface area contributed by atoms with Crippen LogP contribution in [0.3, 0.4) is 0 Å². The van der Waals surface area contributed by atoms with Gasteiger partial charge in [-0.2, -0.15) is 0 Å². The highest BCUT2D eigenvalue weighted by molar-refractivity contribution is 7.45. The summed E-state index contributed by atoms with van der Waals surface area (Å²) in [6.07, 6.45) is 76.1. The van der Waals surface area contributed by atoms with Crippen LogP contribution >= 0.6 is 7.82 Å². The van der Waals surface area contributed by atoms with E-state index in [2.05, 4.69) is 67.8 Å². The average Bonchev–Trinajstić information content (AvgIpc) is 3.36. The number of phosphoric acid groups is 1. The van der Waals surface area contributed by atoms with Gasteiger partial charge in [0.25, 0.3) is 7.82 Å². The van der Waals surface area contributed by atoms with Crippen molar-refractivity contribution in [2.24, 2.45) is 0 Å². The number of phosphoric ester groups is 1. The van der Waals surface area contributed by atoms with Crippen LogP contribution in [0.15, 0.2) is 60.8 Å². The molecule has 0 aromatic rings. The standard InChI is InChI=1S/C65H123N2O6P/c1-6-8-10-12-14-16-18-20-22-24-26-28-30-31-32-33-34-35-37-39-41-43-45-47-49-51-53-55-57-59-65(69)66-63(62-73-74(70,71)72-61-60-67(3,4)5)64(68)58-56-54-52-50-48-46-44-42-40-38-36-29-27-25-23-21-19-17-15-13-11-9-7-2/h18,20,24,26,40,42,48,50,56,58,63-64,68H,6-17,19,21-23,25,27-39,41,43-47,49,51-55,57,59-62H2,1-5H3,(H-,66,69,70,71)/b20-18-,26-24-,42-40+,50-48+,58-56+. The lowest BCUT2D eigenvalue weighted by atomic mass is 10.0. The summed E-state index contributed by atoms with van der Waals surface area (Å²) in [5, 5.41) is 13.9. The first-order valence-electron chi connectivity index (χ1n) is 31.7. The number of allylic oxidation sites excluding steroid dienone is 9. The van der Waals surface area contributed by atoms with Gasteiger partial charge in [0.2, 0.25) is 5.91 Å². The van der Waals surface area contributed by atoms with Crippen molar-refractivity contribution >= 4 is 13.7 Å². The molecule has 0 aliphatic heterocycles. The smallest absolute Gasteiger partial charge is 0.268 e. The van der Waals surface area contributed by atoms with Gasteiger partial charge in [0.15, 0.2) is 0 Å². The van der Waals surface area contributed by atoms with E-state index in [9.17, 15) is 19.4 Å². The van der Waals surface area contributed by atoms with Crippen LogP contribution < -0.4 is 10.2 Å². The number of carbonyl (C=O) groups is 1. The summed E-state index contributed by atoms with van der Waals surface area (Å²) in [5.41, 5.74) is 0. The normalized spacial score (nSPS) is 14.2. The zero-order valence-corrected chi connectivity index (χ0v) is 50.4. The summed E-state index contributed by atoms with van der Waals surface area (Å²) in [7, 11) is 1.24. The number of unbranched alkanes of at least 4 members (excludes halogenated alkanes) is 37. The molecule has 434 valence electrons. The van der Waals surface area contributed by atoms with Crippen molar-refractivity contribution in [3.05, 3.63) is 60.8 Å². The van der Waals surface area contributed by atoms with Gasteiger partial charge in [0.1, 0.15) is 13.2 Å². The van der Waals surface area contributed by atoms with Gasteiger partial charge in [-0.25, -0.2) is 0 Å². The Morgan fingerprint density at radius 3 is 1.18 bits per heavy atom. The van der Waals surface area contributed by atoms with Gasteiger partial charge in [0, 0.05) is 6.42 Å². The van der Waals surface area contributed by atoms with Crippen molar-refractivity contribution in [1.29, 1.82) is 0 Å². The molecule has 0 rings (SSSR count). The van der Waals surface area contributed by atoms with Gasteiger partial charge < -0.3 is 28.8 Å². The molecule has 0 heterocycles. The molecular weight excluding hydrogens is 936 g/mol. The molecule has 1 amide bonds. The fraction of sp³-hybridized carbons (Fsp3) is 0.831. The maximum atomic E-state index is 13.0. The minimum absolute atomic E-state index is 0.00944. The van der Waals surface area contributed by atoms with Crippen LogP contribution in [-0.2, 0) is 18.4 Å². The SMILES string of the molecule is CCCCCCC/C=C\C/C=C\CCCCCCCCCCCCCCCCCCCC(=O)NC(COP(=O)([O-])OCC[N+](C)(C)C)C(O)/C=C/CC/C=C/CC/C=C/CCCCCCCCCCCCCCC. The predicted octanol–water partition coefficient (Wildman–Crippen LogP) is 19.0. The highest BCUT2D eigenvalue weighted by Crippen LogP contribution is 2.38. The maximum Gasteiger partial charge on any atom is 0.268 e. The molecular formula is C65H123N2O6P. The minimum atomic E-state index is -4.61. The van der Waals surface area contributed by atoms with Crippen LogP contribution in [0.2, 0.25) is 0 Å². The summed E-state index contributed by atoms with van der Waals surface area (Å²) in [6.45, 7) is 4.64. The lowest BCUT2D eigenvalue weighted by molar-refractivity contribution is -0.870. The molecule has 3 atom stereocenters. The Morgan fingerprint density at radius 2 is 0.797 bits per heavy atom. The Hall–Kier alpha value is -1.80. The quantitative estimate of drug-likeness (QED) is 0.0272. The van der Waals surface area contributed by atoms with Crippen LogP contribution in [0.5, 0.6) is 0 Å². The summed E-state index contributed by atoms with van der Waals surface area (Å²) in [6, 6.07) is -0.912. The lowest BCUT2D eigenvalue weighted by Gasteiger charge is -2.29. The zero-order valence-electron chi connectivity index (χ0n) is 49.5. The van der Waals surface area contributed by atoms with Crippen molar-refractivity contribution in [3.8, 4) is 0 Å². The van der Waals surface area contributed by atoms with Crippen molar-refractivity contribution in [2.75, 3.05) is 40.9 Å². The number of likely N-dealkylation sites (N-methyl/N-ethyl adjacent to an activating group) is 1. The number of aliphatic hydroxyl groups is 1. The van der Waals surface area contributed by atoms with E-state index >= 15 is 0 Å². The van der Waals surface area contributed by atoms with Crippen LogP contribution in [0.1, 0.15) is 296 Å². The molecule has 8 nitrogen and oxygen atoms in total. The molecule has 0 aliphatic carbocycles. The largest absolute Gasteiger partial charge is 0.756 e. The highest BCUT2D eigenvalue weighted by atomic mass is 31.2. The summed E-state index contributed by atoms with van der Waals surface area (Å²) in [5.74, 6) is -0.208. The second-order valence-corrected chi connectivity index (χ2v) is 24.2. The van der Waals surface area contributed by atoms with Crippen LogP contribution in [0.25, 0.3) is 0 Å². The second kappa shape index (κ2) is 55.9. The van der Waals surface area contributed by atoms with Gasteiger partial charge in [-0.1, -0.05) is 274 Å². The van der Waals surface area contributed by atoms with Crippen LogP contribution in [0, 0.1) is 0 Å². The van der Waals surface area contributed by atoms with Gasteiger partial charge in [-0.05, 0) is 77.0 Å². The van der Waals surface area contributed by atoms with Crippen LogP contribution in [0.4, 0.5) is 0 Å².